The van der Waals surface area contributed by atoms with Gasteiger partial charge in [0.1, 0.15) is 28.8 Å². The summed E-state index contributed by atoms with van der Waals surface area (Å²) < 4.78 is 37.2. The Morgan fingerprint density at radius 1 is 1.23 bits per heavy atom. The van der Waals surface area contributed by atoms with Crippen LogP contribution >= 0.6 is 11.5 Å². The van der Waals surface area contributed by atoms with Crippen LogP contribution in [0.4, 0.5) is 18.6 Å². The van der Waals surface area contributed by atoms with E-state index in [2.05, 4.69) is 15.0 Å². The molecule has 11 heteroatoms. The van der Waals surface area contributed by atoms with Crippen molar-refractivity contribution < 1.29 is 23.1 Å². The van der Waals surface area contributed by atoms with Gasteiger partial charge in [0.05, 0.1) is 5.56 Å². The molecule has 0 aliphatic rings. The SMILES string of the molecule is Cc1cc(F)c(COc2nsc(NC(=O)NCCCCN(C)C)c2C(N)=O)c(F)c1. The molecule has 164 valence electrons. The summed E-state index contributed by atoms with van der Waals surface area (Å²) in [5, 5.41) is 5.27. The molecule has 0 saturated heterocycles. The standard InChI is InChI=1S/C19H25F2N5O3S/c1-11-8-13(20)12(14(21)9-11)10-29-17-15(16(22)27)18(30-25-17)24-19(28)23-6-4-5-7-26(2)3/h8-9H,4-7,10H2,1-3H3,(H2,22,27)(H2,23,24,28). The second-order valence-corrected chi connectivity index (χ2v) is 7.72. The molecule has 0 atom stereocenters. The lowest BCUT2D eigenvalue weighted by atomic mass is 10.1. The van der Waals surface area contributed by atoms with Crippen LogP contribution in [0.1, 0.15) is 34.3 Å². The largest absolute Gasteiger partial charge is 0.471 e. The zero-order chi connectivity index (χ0) is 22.3. The molecule has 0 aliphatic heterocycles. The quantitative estimate of drug-likeness (QED) is 0.491. The highest BCUT2D eigenvalue weighted by atomic mass is 32.1. The Bertz CT molecular complexity index is 881. The number of ether oxygens (including phenoxy) is 1. The summed E-state index contributed by atoms with van der Waals surface area (Å²) in [6.45, 7) is 2.44. The maximum Gasteiger partial charge on any atom is 0.319 e. The lowest BCUT2D eigenvalue weighted by Crippen LogP contribution is -2.30. The van der Waals surface area contributed by atoms with E-state index in [4.69, 9.17) is 10.5 Å². The van der Waals surface area contributed by atoms with Gasteiger partial charge in [-0.3, -0.25) is 10.1 Å². The maximum absolute atomic E-state index is 14.0. The molecule has 0 spiro atoms. The first-order valence-electron chi connectivity index (χ1n) is 9.25. The summed E-state index contributed by atoms with van der Waals surface area (Å²) in [5.41, 5.74) is 5.35. The third kappa shape index (κ3) is 6.63. The summed E-state index contributed by atoms with van der Waals surface area (Å²) in [4.78, 5) is 25.9. The Hall–Kier alpha value is -2.79. The Balaban J connectivity index is 2.00. The van der Waals surface area contributed by atoms with E-state index in [-0.39, 0.29) is 22.0 Å². The molecule has 1 aromatic heterocycles. The van der Waals surface area contributed by atoms with Crippen molar-refractivity contribution in [2.24, 2.45) is 5.73 Å². The highest BCUT2D eigenvalue weighted by Crippen LogP contribution is 2.31. The lowest BCUT2D eigenvalue weighted by molar-refractivity contribution is 0.0996. The van der Waals surface area contributed by atoms with Crippen molar-refractivity contribution in [3.8, 4) is 5.88 Å². The van der Waals surface area contributed by atoms with E-state index in [1.165, 1.54) is 12.1 Å². The van der Waals surface area contributed by atoms with Crippen LogP contribution < -0.4 is 21.1 Å². The van der Waals surface area contributed by atoms with Crippen LogP contribution in [0, 0.1) is 18.6 Å². The molecule has 0 bridgehead atoms. The van der Waals surface area contributed by atoms with Gasteiger partial charge in [0.15, 0.2) is 0 Å². The summed E-state index contributed by atoms with van der Waals surface area (Å²) in [7, 11) is 3.94. The van der Waals surface area contributed by atoms with Gasteiger partial charge in [-0.1, -0.05) is 0 Å². The van der Waals surface area contributed by atoms with Crippen molar-refractivity contribution in [1.29, 1.82) is 0 Å². The third-order valence-electron chi connectivity index (χ3n) is 4.09. The molecule has 4 N–H and O–H groups in total. The van der Waals surface area contributed by atoms with Gasteiger partial charge in [0.25, 0.3) is 5.91 Å². The van der Waals surface area contributed by atoms with E-state index in [0.717, 1.165) is 30.9 Å². The highest BCUT2D eigenvalue weighted by molar-refractivity contribution is 7.11. The van der Waals surface area contributed by atoms with Gasteiger partial charge in [0, 0.05) is 6.54 Å². The number of urea groups is 1. The first kappa shape index (κ1) is 23.5. The topological polar surface area (TPSA) is 110 Å². The first-order chi connectivity index (χ1) is 14.2. The molecule has 2 rings (SSSR count). The minimum atomic E-state index is -0.884. The van der Waals surface area contributed by atoms with Crippen LogP contribution in [0.15, 0.2) is 12.1 Å². The average molecular weight is 442 g/mol. The number of anilines is 1. The van der Waals surface area contributed by atoms with Gasteiger partial charge in [-0.15, -0.1) is 0 Å². The highest BCUT2D eigenvalue weighted by Gasteiger charge is 2.23. The Kier molecular flexibility index (Phi) is 8.48. The fraction of sp³-hybridized carbons (Fsp3) is 0.421. The number of benzene rings is 1. The van der Waals surface area contributed by atoms with Crippen molar-refractivity contribution >= 4 is 28.5 Å². The molecule has 0 aliphatic carbocycles. The zero-order valence-corrected chi connectivity index (χ0v) is 17.9. The van der Waals surface area contributed by atoms with Crippen LogP contribution in [-0.4, -0.2) is 48.4 Å². The summed E-state index contributed by atoms with van der Waals surface area (Å²) >= 11 is 0.785. The van der Waals surface area contributed by atoms with Gasteiger partial charge in [-0.25, -0.2) is 13.6 Å². The van der Waals surface area contributed by atoms with Crippen LogP contribution in [0.25, 0.3) is 0 Å². The number of nitrogens with zero attached hydrogens (tertiary/aromatic N) is 2. The van der Waals surface area contributed by atoms with E-state index < -0.39 is 30.2 Å². The monoisotopic (exact) mass is 441 g/mol. The van der Waals surface area contributed by atoms with E-state index in [1.54, 1.807) is 6.92 Å². The minimum absolute atomic E-state index is 0.0909. The minimum Gasteiger partial charge on any atom is -0.471 e. The second-order valence-electron chi connectivity index (χ2n) is 6.94. The van der Waals surface area contributed by atoms with Crippen molar-refractivity contribution in [1.82, 2.24) is 14.6 Å². The number of primary amides is 1. The molecular formula is C19H25F2N5O3S. The molecule has 0 unspecified atom stereocenters. The molecule has 1 aromatic carbocycles. The van der Waals surface area contributed by atoms with Gasteiger partial charge in [0.2, 0.25) is 5.88 Å². The summed E-state index contributed by atoms with van der Waals surface area (Å²) in [6, 6.07) is 1.83. The normalized spacial score (nSPS) is 10.9. The second kappa shape index (κ2) is 10.8. The van der Waals surface area contributed by atoms with E-state index in [0.29, 0.717) is 12.1 Å². The number of nitrogens with one attached hydrogen (secondary N) is 2. The number of unbranched alkanes of at least 4 members (excludes halogenated alkanes) is 1. The lowest BCUT2D eigenvalue weighted by Gasteiger charge is -2.10. The fourth-order valence-electron chi connectivity index (χ4n) is 2.59. The number of halogens is 2. The number of hydrogen-bond donors (Lipinski definition) is 3. The van der Waals surface area contributed by atoms with E-state index in [9.17, 15) is 18.4 Å². The Morgan fingerprint density at radius 2 is 1.90 bits per heavy atom. The average Bonchev–Trinajstić information content (AvgIpc) is 3.02. The predicted octanol–water partition coefficient (Wildman–Crippen LogP) is 2.87. The van der Waals surface area contributed by atoms with Gasteiger partial charge in [-0.05, 0) is 69.6 Å². The molecule has 0 saturated carbocycles. The number of carbonyl (C=O) groups is 2. The molecule has 30 heavy (non-hydrogen) atoms. The number of hydrogen-bond acceptors (Lipinski definition) is 6. The van der Waals surface area contributed by atoms with Crippen LogP contribution in [0.2, 0.25) is 0 Å². The van der Waals surface area contributed by atoms with E-state index in [1.807, 2.05) is 19.0 Å². The van der Waals surface area contributed by atoms with Gasteiger partial charge >= 0.3 is 6.03 Å². The van der Waals surface area contributed by atoms with Crippen LogP contribution in [-0.2, 0) is 6.61 Å². The van der Waals surface area contributed by atoms with Gasteiger partial charge < -0.3 is 20.7 Å². The number of aromatic nitrogens is 1. The van der Waals surface area contributed by atoms with Crippen molar-refractivity contribution in [3.63, 3.8) is 0 Å². The number of carbonyl (C=O) groups excluding carboxylic acids is 2. The number of amides is 3. The number of nitrogens with two attached hydrogens (primary N) is 1. The smallest absolute Gasteiger partial charge is 0.319 e. The van der Waals surface area contributed by atoms with Crippen molar-refractivity contribution in [2.45, 2.75) is 26.4 Å². The molecule has 8 nitrogen and oxygen atoms in total. The van der Waals surface area contributed by atoms with Crippen LogP contribution in [0.3, 0.4) is 0 Å². The third-order valence-corrected chi connectivity index (χ3v) is 4.84. The van der Waals surface area contributed by atoms with E-state index >= 15 is 0 Å². The van der Waals surface area contributed by atoms with Gasteiger partial charge in [-0.2, -0.15) is 4.37 Å². The summed E-state index contributed by atoms with van der Waals surface area (Å²) in [5.74, 6) is -2.62. The molecular weight excluding hydrogens is 416 g/mol. The molecule has 0 radical (unpaired) electrons. The molecule has 3 amide bonds. The Morgan fingerprint density at radius 3 is 2.50 bits per heavy atom. The summed E-state index contributed by atoms with van der Waals surface area (Å²) in [6.07, 6.45) is 1.71. The molecule has 2 aromatic rings. The van der Waals surface area contributed by atoms with Crippen LogP contribution in [0.5, 0.6) is 5.88 Å². The number of aryl methyl sites for hydroxylation is 1. The maximum atomic E-state index is 14.0. The first-order valence-corrected chi connectivity index (χ1v) is 10.0. The molecule has 0 fully saturated rings. The molecule has 1 heterocycles. The number of rotatable bonds is 10. The predicted molar refractivity (Wildman–Crippen MR) is 111 cm³/mol. The van der Waals surface area contributed by atoms with Crippen molar-refractivity contribution in [3.05, 3.63) is 40.5 Å². The Labute approximate surface area is 177 Å². The fourth-order valence-corrected chi connectivity index (χ4v) is 3.32. The van der Waals surface area contributed by atoms with Crippen molar-refractivity contribution in [2.75, 3.05) is 32.5 Å². The zero-order valence-electron chi connectivity index (χ0n) is 17.1.